The average molecular weight is 263 g/mol. The summed E-state index contributed by atoms with van der Waals surface area (Å²) in [5.41, 5.74) is 2.08. The van der Waals surface area contributed by atoms with E-state index in [1.165, 1.54) is 5.56 Å². The maximum atomic E-state index is 10.4. The number of rotatable bonds is 7. The van der Waals surface area contributed by atoms with Crippen molar-refractivity contribution in [3.05, 3.63) is 41.5 Å². The molecule has 0 aliphatic heterocycles. The summed E-state index contributed by atoms with van der Waals surface area (Å²) in [6, 6.07) is 8.22. The van der Waals surface area contributed by atoms with Crippen LogP contribution in [0.3, 0.4) is 0 Å². The molecule has 104 valence electrons. The molecule has 0 heterocycles. The average Bonchev–Trinajstić information content (AvgIpc) is 2.38. The lowest BCUT2D eigenvalue weighted by atomic mass is 10.1. The molecule has 0 aliphatic carbocycles. The van der Waals surface area contributed by atoms with E-state index in [1.807, 2.05) is 24.3 Å². The van der Waals surface area contributed by atoms with Crippen molar-refractivity contribution >= 4 is 12.0 Å². The quantitative estimate of drug-likeness (QED) is 0.767. The van der Waals surface area contributed by atoms with Crippen LogP contribution in [0.5, 0.6) is 0 Å². The summed E-state index contributed by atoms with van der Waals surface area (Å²) in [7, 11) is 3.76. The van der Waals surface area contributed by atoms with Crippen LogP contribution in [0.4, 0.5) is 0 Å². The molecule has 0 spiro atoms. The third kappa shape index (κ3) is 5.68. The van der Waals surface area contributed by atoms with Crippen molar-refractivity contribution in [1.29, 1.82) is 0 Å². The SMILES string of the molecule is COCC(C)N(C)Cc1ccc(/C=C/C(=O)O)cc1. The zero-order chi connectivity index (χ0) is 14.3. The highest BCUT2D eigenvalue weighted by Crippen LogP contribution is 2.10. The minimum atomic E-state index is -0.933. The zero-order valence-corrected chi connectivity index (χ0v) is 11.7. The molecule has 0 radical (unpaired) electrons. The molecule has 0 bridgehead atoms. The van der Waals surface area contributed by atoms with Gasteiger partial charge < -0.3 is 9.84 Å². The molecule has 0 aromatic heterocycles. The van der Waals surface area contributed by atoms with E-state index in [1.54, 1.807) is 13.2 Å². The van der Waals surface area contributed by atoms with Gasteiger partial charge in [0.05, 0.1) is 6.61 Å². The predicted molar refractivity (Wildman–Crippen MR) is 75.9 cm³/mol. The fourth-order valence-corrected chi connectivity index (χ4v) is 1.71. The van der Waals surface area contributed by atoms with Crippen LogP contribution >= 0.6 is 0 Å². The predicted octanol–water partition coefficient (Wildman–Crippen LogP) is 2.25. The van der Waals surface area contributed by atoms with Crippen molar-refractivity contribution in [3.63, 3.8) is 0 Å². The van der Waals surface area contributed by atoms with E-state index >= 15 is 0 Å². The molecule has 19 heavy (non-hydrogen) atoms. The first-order chi connectivity index (χ1) is 9.02. The lowest BCUT2D eigenvalue weighted by molar-refractivity contribution is -0.131. The van der Waals surface area contributed by atoms with Crippen LogP contribution in [0, 0.1) is 0 Å². The normalized spacial score (nSPS) is 13.1. The maximum absolute atomic E-state index is 10.4. The smallest absolute Gasteiger partial charge is 0.328 e. The number of hydrogen-bond donors (Lipinski definition) is 1. The molecule has 1 aromatic carbocycles. The summed E-state index contributed by atoms with van der Waals surface area (Å²) in [5.74, 6) is -0.933. The Hall–Kier alpha value is -1.65. The Balaban J connectivity index is 2.59. The van der Waals surface area contributed by atoms with E-state index in [4.69, 9.17) is 9.84 Å². The van der Waals surface area contributed by atoms with E-state index in [9.17, 15) is 4.79 Å². The van der Waals surface area contributed by atoms with Gasteiger partial charge in [-0.15, -0.1) is 0 Å². The van der Waals surface area contributed by atoms with E-state index in [0.29, 0.717) is 12.6 Å². The van der Waals surface area contributed by atoms with Gasteiger partial charge in [-0.3, -0.25) is 4.90 Å². The molecule has 0 aliphatic rings. The minimum absolute atomic E-state index is 0.358. The van der Waals surface area contributed by atoms with Crippen molar-refractivity contribution in [1.82, 2.24) is 4.90 Å². The van der Waals surface area contributed by atoms with Gasteiger partial charge in [0.1, 0.15) is 0 Å². The van der Waals surface area contributed by atoms with Crippen molar-refractivity contribution in [2.75, 3.05) is 20.8 Å². The lowest BCUT2D eigenvalue weighted by Crippen LogP contribution is -2.32. The second-order valence-electron chi connectivity index (χ2n) is 4.63. The van der Waals surface area contributed by atoms with Gasteiger partial charge in [-0.05, 0) is 31.2 Å². The number of carboxylic acids is 1. The van der Waals surface area contributed by atoms with Crippen molar-refractivity contribution in [2.24, 2.45) is 0 Å². The van der Waals surface area contributed by atoms with Crippen LogP contribution < -0.4 is 0 Å². The maximum Gasteiger partial charge on any atom is 0.328 e. The van der Waals surface area contributed by atoms with Gasteiger partial charge in [0.25, 0.3) is 0 Å². The molecule has 4 nitrogen and oxygen atoms in total. The fourth-order valence-electron chi connectivity index (χ4n) is 1.71. The first-order valence-electron chi connectivity index (χ1n) is 6.22. The fraction of sp³-hybridized carbons (Fsp3) is 0.400. The van der Waals surface area contributed by atoms with Gasteiger partial charge in [-0.25, -0.2) is 4.79 Å². The summed E-state index contributed by atoms with van der Waals surface area (Å²) in [6.45, 7) is 3.66. The number of hydrogen-bond acceptors (Lipinski definition) is 3. The topological polar surface area (TPSA) is 49.8 Å². The number of carbonyl (C=O) groups is 1. The van der Waals surface area contributed by atoms with Crippen molar-refractivity contribution in [2.45, 2.75) is 19.5 Å². The molecule has 0 fully saturated rings. The molecule has 1 rings (SSSR count). The second kappa shape index (κ2) is 7.71. The van der Waals surface area contributed by atoms with Gasteiger partial charge in [0, 0.05) is 25.8 Å². The summed E-state index contributed by atoms with van der Waals surface area (Å²) >= 11 is 0. The molecule has 0 amide bonds. The number of carboxylic acid groups (broad SMARTS) is 1. The molecule has 1 N–H and O–H groups in total. The first-order valence-corrected chi connectivity index (χ1v) is 6.22. The van der Waals surface area contributed by atoms with E-state index in [0.717, 1.165) is 18.2 Å². The number of nitrogens with zero attached hydrogens (tertiary/aromatic N) is 1. The van der Waals surface area contributed by atoms with Gasteiger partial charge in [0.2, 0.25) is 0 Å². The van der Waals surface area contributed by atoms with Gasteiger partial charge >= 0.3 is 5.97 Å². The summed E-state index contributed by atoms with van der Waals surface area (Å²) < 4.78 is 5.13. The molecule has 1 atom stereocenters. The van der Waals surface area contributed by atoms with Crippen molar-refractivity contribution in [3.8, 4) is 0 Å². The molecule has 0 saturated heterocycles. The Bertz CT molecular complexity index is 426. The van der Waals surface area contributed by atoms with Crippen LogP contribution in [0.15, 0.2) is 30.3 Å². The van der Waals surface area contributed by atoms with E-state index in [2.05, 4.69) is 18.9 Å². The molecule has 4 heteroatoms. The highest BCUT2D eigenvalue weighted by Gasteiger charge is 2.08. The lowest BCUT2D eigenvalue weighted by Gasteiger charge is -2.24. The third-order valence-corrected chi connectivity index (χ3v) is 2.99. The molecular formula is C15H21NO3. The zero-order valence-electron chi connectivity index (χ0n) is 11.7. The van der Waals surface area contributed by atoms with Crippen LogP contribution in [-0.4, -0.2) is 42.8 Å². The molecule has 1 unspecified atom stereocenters. The van der Waals surface area contributed by atoms with Crippen LogP contribution in [0.1, 0.15) is 18.1 Å². The monoisotopic (exact) mass is 263 g/mol. The first kappa shape index (κ1) is 15.4. The number of aliphatic carboxylic acids is 1. The van der Waals surface area contributed by atoms with E-state index < -0.39 is 5.97 Å². The van der Waals surface area contributed by atoms with E-state index in [-0.39, 0.29) is 0 Å². The number of ether oxygens (including phenoxy) is 1. The molecule has 1 aromatic rings. The highest BCUT2D eigenvalue weighted by molar-refractivity contribution is 5.85. The molecule has 0 saturated carbocycles. The number of likely N-dealkylation sites (N-methyl/N-ethyl adjacent to an activating group) is 1. The Morgan fingerprint density at radius 2 is 2.05 bits per heavy atom. The Kier molecular flexibility index (Phi) is 6.25. The van der Waals surface area contributed by atoms with Crippen LogP contribution in [-0.2, 0) is 16.1 Å². The number of benzene rings is 1. The second-order valence-corrected chi connectivity index (χ2v) is 4.63. The Morgan fingerprint density at radius 1 is 1.42 bits per heavy atom. The Labute approximate surface area is 114 Å². The third-order valence-electron chi connectivity index (χ3n) is 2.99. The highest BCUT2D eigenvalue weighted by atomic mass is 16.5. The standard InChI is InChI=1S/C15H21NO3/c1-12(11-19-3)16(2)10-14-6-4-13(5-7-14)8-9-15(17)18/h4-9,12H,10-11H2,1-3H3,(H,17,18)/b9-8+. The largest absolute Gasteiger partial charge is 0.478 e. The minimum Gasteiger partial charge on any atom is -0.478 e. The van der Waals surface area contributed by atoms with Crippen LogP contribution in [0.2, 0.25) is 0 Å². The summed E-state index contributed by atoms with van der Waals surface area (Å²) in [4.78, 5) is 12.6. The number of methoxy groups -OCH3 is 1. The molecular weight excluding hydrogens is 242 g/mol. The van der Waals surface area contributed by atoms with Crippen molar-refractivity contribution < 1.29 is 14.6 Å². The summed E-state index contributed by atoms with van der Waals surface area (Å²) in [6.07, 6.45) is 2.73. The van der Waals surface area contributed by atoms with Gasteiger partial charge in [0.15, 0.2) is 0 Å². The van der Waals surface area contributed by atoms with Gasteiger partial charge in [-0.2, -0.15) is 0 Å². The summed E-state index contributed by atoms with van der Waals surface area (Å²) in [5, 5.41) is 8.55. The Morgan fingerprint density at radius 3 is 2.58 bits per heavy atom. The van der Waals surface area contributed by atoms with Crippen LogP contribution in [0.25, 0.3) is 6.08 Å². The van der Waals surface area contributed by atoms with Gasteiger partial charge in [-0.1, -0.05) is 24.3 Å².